The second-order valence-corrected chi connectivity index (χ2v) is 11.6. The van der Waals surface area contributed by atoms with E-state index in [0.29, 0.717) is 50.6 Å². The highest BCUT2D eigenvalue weighted by molar-refractivity contribution is 5.95. The van der Waals surface area contributed by atoms with Crippen molar-refractivity contribution in [1.82, 2.24) is 20.4 Å². The van der Waals surface area contributed by atoms with E-state index in [0.717, 1.165) is 32.5 Å². The number of rotatable bonds is 5. The van der Waals surface area contributed by atoms with Gasteiger partial charge in [0.05, 0.1) is 17.3 Å². The fourth-order valence-electron chi connectivity index (χ4n) is 5.39. The minimum atomic E-state index is -1.09. The van der Waals surface area contributed by atoms with Crippen molar-refractivity contribution < 1.29 is 28.9 Å². The third-order valence-electron chi connectivity index (χ3n) is 7.53. The van der Waals surface area contributed by atoms with E-state index in [9.17, 15) is 19.8 Å². The summed E-state index contributed by atoms with van der Waals surface area (Å²) in [5, 5.41) is 24.9. The van der Waals surface area contributed by atoms with Crippen molar-refractivity contribution in [3.63, 3.8) is 0 Å². The van der Waals surface area contributed by atoms with Gasteiger partial charge in [-0.15, -0.1) is 0 Å². The number of amides is 2. The summed E-state index contributed by atoms with van der Waals surface area (Å²) >= 11 is 0. The Morgan fingerprint density at radius 2 is 1.74 bits per heavy atom. The second-order valence-electron chi connectivity index (χ2n) is 11.6. The Labute approximate surface area is 224 Å². The molecule has 3 aliphatic heterocycles. The third-order valence-corrected chi connectivity index (χ3v) is 7.53. The maximum absolute atomic E-state index is 15.4. The van der Waals surface area contributed by atoms with E-state index < -0.39 is 35.8 Å². The monoisotopic (exact) mass is 535 g/mol. The quantitative estimate of drug-likeness (QED) is 0.450. The Kier molecular flexibility index (Phi) is 9.12. The molecule has 0 radical (unpaired) electrons. The number of aliphatic hydroxyl groups is 2. The highest BCUT2D eigenvalue weighted by Crippen LogP contribution is 2.26. The van der Waals surface area contributed by atoms with Crippen LogP contribution >= 0.6 is 0 Å². The number of piperidine rings is 2. The van der Waals surface area contributed by atoms with Crippen molar-refractivity contribution >= 4 is 17.7 Å². The number of carbonyl (C=O) groups is 2. The van der Waals surface area contributed by atoms with Crippen molar-refractivity contribution in [2.75, 3.05) is 50.7 Å². The molecule has 3 aliphatic rings. The Morgan fingerprint density at radius 3 is 2.37 bits per heavy atom. The van der Waals surface area contributed by atoms with E-state index in [2.05, 4.69) is 15.5 Å². The number of ether oxygens (including phenoxy) is 1. The number of piperazine rings is 1. The van der Waals surface area contributed by atoms with Gasteiger partial charge < -0.3 is 30.1 Å². The van der Waals surface area contributed by atoms with Crippen molar-refractivity contribution in [2.45, 2.75) is 70.6 Å². The summed E-state index contributed by atoms with van der Waals surface area (Å²) in [5.41, 5.74) is -0.142. The molecule has 212 valence electrons. The maximum Gasteiger partial charge on any atom is 0.410 e. The van der Waals surface area contributed by atoms with Crippen molar-refractivity contribution in [3.8, 4) is 0 Å². The zero-order valence-corrected chi connectivity index (χ0v) is 22.7. The smallest absolute Gasteiger partial charge is 0.410 e. The summed E-state index contributed by atoms with van der Waals surface area (Å²) in [7, 11) is 0. The molecule has 38 heavy (non-hydrogen) atoms. The second kappa shape index (κ2) is 12.1. The van der Waals surface area contributed by atoms with Crippen LogP contribution in [0.5, 0.6) is 0 Å². The SMILES string of the molecule is CC(C)(C)OC(=O)N1CCC(CN2CCN(c3cccc(C(=O)NC4CCC(O)NC4O)c3F)CC2)CC1. The minimum Gasteiger partial charge on any atom is -0.444 e. The Morgan fingerprint density at radius 1 is 1.05 bits per heavy atom. The number of aliphatic hydroxyl groups excluding tert-OH is 2. The zero-order valence-electron chi connectivity index (χ0n) is 22.7. The van der Waals surface area contributed by atoms with Crippen LogP contribution in [0.4, 0.5) is 14.9 Å². The summed E-state index contributed by atoms with van der Waals surface area (Å²) < 4.78 is 20.9. The van der Waals surface area contributed by atoms with Gasteiger partial charge in [0.1, 0.15) is 18.1 Å². The van der Waals surface area contributed by atoms with E-state index >= 15 is 4.39 Å². The van der Waals surface area contributed by atoms with Gasteiger partial charge >= 0.3 is 6.09 Å². The van der Waals surface area contributed by atoms with Crippen LogP contribution in [-0.2, 0) is 4.74 Å². The molecule has 11 heteroatoms. The normalized spacial score (nSPS) is 25.8. The van der Waals surface area contributed by atoms with Crippen molar-refractivity contribution in [1.29, 1.82) is 0 Å². The standard InChI is InChI=1S/C27H42FN5O5/c1-27(2,3)38-26(37)33-11-9-18(10-12-33)17-31-13-15-32(16-14-31)21-6-4-5-19(23(21)28)24(35)29-20-7-8-22(34)30-25(20)36/h4-6,18,20,22,25,30,34,36H,7-17H2,1-3H3,(H,29,35). The lowest BCUT2D eigenvalue weighted by Gasteiger charge is -2.40. The predicted molar refractivity (Wildman–Crippen MR) is 141 cm³/mol. The number of likely N-dealkylation sites (tertiary alicyclic amines) is 1. The van der Waals surface area contributed by atoms with Gasteiger partial charge in [-0.2, -0.15) is 0 Å². The first kappa shape index (κ1) is 28.5. The number of hydrogen-bond donors (Lipinski definition) is 4. The number of anilines is 1. The molecule has 4 N–H and O–H groups in total. The van der Waals surface area contributed by atoms with Gasteiger partial charge in [-0.05, 0) is 64.5 Å². The number of nitrogens with zero attached hydrogens (tertiary/aromatic N) is 3. The number of carbonyl (C=O) groups excluding carboxylic acids is 2. The summed E-state index contributed by atoms with van der Waals surface area (Å²) in [6.45, 7) is 10.9. The lowest BCUT2D eigenvalue weighted by atomic mass is 9.96. The van der Waals surface area contributed by atoms with Crippen LogP contribution in [0.2, 0.25) is 0 Å². The molecule has 4 rings (SSSR count). The molecule has 3 heterocycles. The van der Waals surface area contributed by atoms with Gasteiger partial charge in [-0.1, -0.05) is 6.07 Å². The molecule has 0 aromatic heterocycles. The van der Waals surface area contributed by atoms with Crippen LogP contribution in [-0.4, -0.2) is 102 Å². The van der Waals surface area contributed by atoms with E-state index in [1.54, 1.807) is 17.0 Å². The highest BCUT2D eigenvalue weighted by Gasteiger charge is 2.31. The molecule has 1 aromatic rings. The summed E-state index contributed by atoms with van der Waals surface area (Å²) in [6.07, 6.45) is 0.508. The molecule has 2 amide bonds. The van der Waals surface area contributed by atoms with Crippen LogP contribution in [0, 0.1) is 11.7 Å². The molecule has 10 nitrogen and oxygen atoms in total. The predicted octanol–water partition coefficient (Wildman–Crippen LogP) is 1.71. The van der Waals surface area contributed by atoms with Crippen LogP contribution < -0.4 is 15.5 Å². The van der Waals surface area contributed by atoms with Crippen LogP contribution in [0.25, 0.3) is 0 Å². The lowest BCUT2D eigenvalue weighted by molar-refractivity contribution is -0.0161. The van der Waals surface area contributed by atoms with Crippen molar-refractivity contribution in [3.05, 3.63) is 29.6 Å². The fourth-order valence-corrected chi connectivity index (χ4v) is 5.39. The van der Waals surface area contributed by atoms with E-state index in [-0.39, 0.29) is 11.7 Å². The first-order valence-corrected chi connectivity index (χ1v) is 13.7. The Hall–Kier alpha value is -2.47. The molecule has 3 saturated heterocycles. The maximum atomic E-state index is 15.4. The van der Waals surface area contributed by atoms with Crippen LogP contribution in [0.3, 0.4) is 0 Å². The Bertz CT molecular complexity index is 973. The Balaban J connectivity index is 1.25. The molecule has 0 spiro atoms. The highest BCUT2D eigenvalue weighted by atomic mass is 19.1. The first-order chi connectivity index (χ1) is 18.0. The molecular weight excluding hydrogens is 493 g/mol. The van der Waals surface area contributed by atoms with Crippen molar-refractivity contribution in [2.24, 2.45) is 5.92 Å². The van der Waals surface area contributed by atoms with Gasteiger partial charge in [-0.3, -0.25) is 15.0 Å². The summed E-state index contributed by atoms with van der Waals surface area (Å²) in [4.78, 5) is 31.3. The van der Waals surface area contributed by atoms with E-state index in [4.69, 9.17) is 4.74 Å². The molecule has 0 bridgehead atoms. The van der Waals surface area contributed by atoms with Gasteiger partial charge in [-0.25, -0.2) is 9.18 Å². The van der Waals surface area contributed by atoms with Gasteiger partial charge in [0.15, 0.2) is 5.82 Å². The number of benzene rings is 1. The fraction of sp³-hybridized carbons (Fsp3) is 0.704. The van der Waals surface area contributed by atoms with E-state index in [1.807, 2.05) is 25.7 Å². The molecular formula is C27H42FN5O5. The number of halogens is 1. The molecule has 0 saturated carbocycles. The van der Waals surface area contributed by atoms with E-state index in [1.165, 1.54) is 6.07 Å². The van der Waals surface area contributed by atoms with Crippen LogP contribution in [0.15, 0.2) is 18.2 Å². The molecule has 1 aromatic carbocycles. The molecule has 3 unspecified atom stereocenters. The number of hydrogen-bond acceptors (Lipinski definition) is 8. The molecule has 3 atom stereocenters. The zero-order chi connectivity index (χ0) is 27.4. The summed E-state index contributed by atoms with van der Waals surface area (Å²) in [5.74, 6) is -0.635. The lowest BCUT2D eigenvalue weighted by Crippen LogP contribution is -2.56. The average molecular weight is 536 g/mol. The summed E-state index contributed by atoms with van der Waals surface area (Å²) in [6, 6.07) is 4.22. The van der Waals surface area contributed by atoms with Gasteiger partial charge in [0.25, 0.3) is 5.91 Å². The molecule has 3 fully saturated rings. The van der Waals surface area contributed by atoms with Gasteiger partial charge in [0.2, 0.25) is 0 Å². The third kappa shape index (κ3) is 7.34. The average Bonchev–Trinajstić information content (AvgIpc) is 2.86. The minimum absolute atomic E-state index is 0.0556. The topological polar surface area (TPSA) is 118 Å². The number of nitrogens with one attached hydrogen (secondary N) is 2. The van der Waals surface area contributed by atoms with Crippen LogP contribution in [0.1, 0.15) is 56.8 Å². The largest absolute Gasteiger partial charge is 0.444 e. The van der Waals surface area contributed by atoms with Gasteiger partial charge in [0, 0.05) is 45.8 Å². The first-order valence-electron chi connectivity index (χ1n) is 13.7. The molecule has 0 aliphatic carbocycles.